The number of hydrogen-bond acceptors (Lipinski definition) is 4. The van der Waals surface area contributed by atoms with Gasteiger partial charge in [-0.15, -0.1) is 0 Å². The summed E-state index contributed by atoms with van der Waals surface area (Å²) in [5.41, 5.74) is 3.74. The van der Waals surface area contributed by atoms with E-state index in [2.05, 4.69) is 5.32 Å². The zero-order valence-corrected chi connectivity index (χ0v) is 20.3. The Bertz CT molecular complexity index is 1290. The van der Waals surface area contributed by atoms with Crippen LogP contribution in [0.4, 0.5) is 5.69 Å². The van der Waals surface area contributed by atoms with E-state index in [4.69, 9.17) is 4.74 Å². The van der Waals surface area contributed by atoms with E-state index in [9.17, 15) is 14.4 Å². The van der Waals surface area contributed by atoms with Crippen molar-refractivity contribution in [2.75, 3.05) is 18.6 Å². The van der Waals surface area contributed by atoms with E-state index in [1.54, 1.807) is 23.0 Å². The fraction of sp³-hybridized carbons (Fsp3) is 0.276. The van der Waals surface area contributed by atoms with Gasteiger partial charge in [-0.2, -0.15) is 0 Å². The highest BCUT2D eigenvalue weighted by Crippen LogP contribution is 2.45. The first-order valence-electron chi connectivity index (χ1n) is 12.3. The minimum Gasteiger partial charge on any atom is -0.497 e. The molecule has 3 amide bonds. The number of amides is 3. The van der Waals surface area contributed by atoms with Crippen molar-refractivity contribution in [1.82, 2.24) is 10.2 Å². The van der Waals surface area contributed by atoms with Crippen molar-refractivity contribution in [1.29, 1.82) is 0 Å². The van der Waals surface area contributed by atoms with E-state index in [1.807, 2.05) is 66.7 Å². The van der Waals surface area contributed by atoms with Crippen molar-refractivity contribution in [2.24, 2.45) is 0 Å². The number of methoxy groups -OCH3 is 1. The molecular weight excluding hydrogens is 454 g/mol. The number of benzene rings is 3. The van der Waals surface area contributed by atoms with E-state index in [1.165, 1.54) is 0 Å². The minimum atomic E-state index is -0.427. The molecule has 0 saturated carbocycles. The van der Waals surface area contributed by atoms with Crippen molar-refractivity contribution in [2.45, 2.75) is 38.4 Å². The highest BCUT2D eigenvalue weighted by Gasteiger charge is 2.47. The number of carbonyl (C=O) groups excluding carboxylic acids is 3. The summed E-state index contributed by atoms with van der Waals surface area (Å²) >= 11 is 0. The third kappa shape index (κ3) is 4.44. The van der Waals surface area contributed by atoms with E-state index in [0.29, 0.717) is 36.3 Å². The molecule has 0 aliphatic carbocycles. The molecule has 1 atom stereocenters. The SMILES string of the molecule is COc1ccc(CNC(=O)CCCCCN2C(=O)c3ccccc3N3C(=O)c4ccccc4C23)cc1. The maximum atomic E-state index is 13.4. The van der Waals surface area contributed by atoms with Gasteiger partial charge in [0, 0.05) is 30.6 Å². The van der Waals surface area contributed by atoms with Crippen LogP contribution in [0, 0.1) is 0 Å². The van der Waals surface area contributed by atoms with Crippen LogP contribution in [-0.2, 0) is 11.3 Å². The molecule has 0 aromatic heterocycles. The standard InChI is InChI=1S/C29H29N3O4/c1-36-21-16-14-20(15-17-21)19-30-26(33)13-3-2-8-18-31-27-22-9-4-5-10-23(22)29(35)32(27)25-12-7-6-11-24(25)28(31)34/h4-7,9-12,14-17,27H,2-3,8,13,18-19H2,1H3,(H,30,33). The largest absolute Gasteiger partial charge is 0.497 e. The van der Waals surface area contributed by atoms with Gasteiger partial charge in [-0.05, 0) is 48.7 Å². The van der Waals surface area contributed by atoms with E-state index in [0.717, 1.165) is 36.1 Å². The summed E-state index contributed by atoms with van der Waals surface area (Å²) in [6.45, 7) is 0.999. The Morgan fingerprint density at radius 2 is 1.58 bits per heavy atom. The molecule has 1 N–H and O–H groups in total. The zero-order valence-electron chi connectivity index (χ0n) is 20.3. The summed E-state index contributed by atoms with van der Waals surface area (Å²) in [5.74, 6) is 0.660. The molecule has 3 aromatic rings. The lowest BCUT2D eigenvalue weighted by Gasteiger charge is -2.41. The number of nitrogens with zero attached hydrogens (tertiary/aromatic N) is 2. The predicted octanol–water partition coefficient (Wildman–Crippen LogP) is 4.69. The van der Waals surface area contributed by atoms with Gasteiger partial charge in [0.1, 0.15) is 11.9 Å². The number of fused-ring (bicyclic) bond motifs is 5. The van der Waals surface area contributed by atoms with Crippen LogP contribution < -0.4 is 15.0 Å². The average Bonchev–Trinajstić information content (AvgIpc) is 3.21. The van der Waals surface area contributed by atoms with Crippen LogP contribution in [0.15, 0.2) is 72.8 Å². The number of nitrogens with one attached hydrogen (secondary N) is 1. The first-order valence-corrected chi connectivity index (χ1v) is 12.3. The smallest absolute Gasteiger partial charge is 0.260 e. The fourth-order valence-electron chi connectivity index (χ4n) is 4.98. The maximum Gasteiger partial charge on any atom is 0.260 e. The molecule has 0 saturated heterocycles. The van der Waals surface area contributed by atoms with Crippen LogP contribution in [0.3, 0.4) is 0 Å². The van der Waals surface area contributed by atoms with Gasteiger partial charge in [-0.25, -0.2) is 0 Å². The maximum absolute atomic E-state index is 13.4. The van der Waals surface area contributed by atoms with Crippen molar-refractivity contribution in [3.8, 4) is 5.75 Å². The molecule has 3 aromatic carbocycles. The zero-order chi connectivity index (χ0) is 25.1. The number of para-hydroxylation sites is 1. The topological polar surface area (TPSA) is 79.0 Å². The second kappa shape index (κ2) is 10.2. The number of anilines is 1. The minimum absolute atomic E-state index is 0.00952. The second-order valence-corrected chi connectivity index (χ2v) is 9.09. The Morgan fingerprint density at radius 1 is 0.861 bits per heavy atom. The summed E-state index contributed by atoms with van der Waals surface area (Å²) in [6, 6.07) is 22.4. The lowest BCUT2D eigenvalue weighted by atomic mass is 10.0. The van der Waals surface area contributed by atoms with E-state index >= 15 is 0 Å². The van der Waals surface area contributed by atoms with Gasteiger partial charge in [0.05, 0.1) is 18.4 Å². The second-order valence-electron chi connectivity index (χ2n) is 9.09. The van der Waals surface area contributed by atoms with Crippen LogP contribution in [-0.4, -0.2) is 36.3 Å². The van der Waals surface area contributed by atoms with Crippen molar-refractivity contribution < 1.29 is 19.1 Å². The van der Waals surface area contributed by atoms with E-state index < -0.39 is 6.17 Å². The monoisotopic (exact) mass is 483 g/mol. The molecule has 1 unspecified atom stereocenters. The first-order chi connectivity index (χ1) is 17.6. The lowest BCUT2D eigenvalue weighted by molar-refractivity contribution is -0.121. The van der Waals surface area contributed by atoms with Crippen LogP contribution in [0.25, 0.3) is 0 Å². The molecule has 36 heavy (non-hydrogen) atoms. The number of rotatable bonds is 9. The Morgan fingerprint density at radius 3 is 2.36 bits per heavy atom. The van der Waals surface area contributed by atoms with Gasteiger partial charge in [-0.3, -0.25) is 19.3 Å². The molecule has 5 rings (SSSR count). The van der Waals surface area contributed by atoms with Crippen molar-refractivity contribution >= 4 is 23.4 Å². The Balaban J connectivity index is 1.17. The van der Waals surface area contributed by atoms with Gasteiger partial charge in [0.25, 0.3) is 11.8 Å². The normalized spacial score (nSPS) is 15.9. The predicted molar refractivity (Wildman–Crippen MR) is 137 cm³/mol. The lowest BCUT2D eigenvalue weighted by Crippen LogP contribution is -2.48. The third-order valence-corrected chi connectivity index (χ3v) is 6.83. The highest BCUT2D eigenvalue weighted by molar-refractivity contribution is 6.16. The fourth-order valence-corrected chi connectivity index (χ4v) is 4.98. The first kappa shape index (κ1) is 23.6. The number of carbonyl (C=O) groups is 3. The molecule has 7 heteroatoms. The number of unbranched alkanes of at least 4 members (excludes halogenated alkanes) is 2. The van der Waals surface area contributed by atoms with Gasteiger partial charge >= 0.3 is 0 Å². The molecule has 184 valence electrons. The molecule has 2 aliphatic rings. The molecule has 0 radical (unpaired) electrons. The van der Waals surface area contributed by atoms with E-state index in [-0.39, 0.29) is 17.7 Å². The summed E-state index contributed by atoms with van der Waals surface area (Å²) in [7, 11) is 1.62. The van der Waals surface area contributed by atoms with Crippen molar-refractivity contribution in [3.63, 3.8) is 0 Å². The van der Waals surface area contributed by atoms with Crippen LogP contribution in [0.1, 0.15) is 63.7 Å². The number of ether oxygens (including phenoxy) is 1. The van der Waals surface area contributed by atoms with Crippen LogP contribution in [0.5, 0.6) is 5.75 Å². The summed E-state index contributed by atoms with van der Waals surface area (Å²) in [5, 5.41) is 2.95. The van der Waals surface area contributed by atoms with Crippen molar-refractivity contribution in [3.05, 3.63) is 95.1 Å². The highest BCUT2D eigenvalue weighted by atomic mass is 16.5. The van der Waals surface area contributed by atoms with Gasteiger partial charge < -0.3 is 15.0 Å². The van der Waals surface area contributed by atoms with Gasteiger partial charge in [0.15, 0.2) is 0 Å². The molecule has 0 spiro atoms. The Kier molecular flexibility index (Phi) is 6.71. The van der Waals surface area contributed by atoms with Crippen LogP contribution in [0.2, 0.25) is 0 Å². The quantitative estimate of drug-likeness (QED) is 0.448. The molecule has 2 aliphatic heterocycles. The molecule has 2 heterocycles. The molecule has 0 fully saturated rings. The molecular formula is C29H29N3O4. The summed E-state index contributed by atoms with van der Waals surface area (Å²) < 4.78 is 5.15. The Hall–Kier alpha value is -4.13. The van der Waals surface area contributed by atoms with Gasteiger partial charge in [-0.1, -0.05) is 48.9 Å². The summed E-state index contributed by atoms with van der Waals surface area (Å²) in [6.07, 6.45) is 2.30. The van der Waals surface area contributed by atoms with Gasteiger partial charge in [0.2, 0.25) is 5.91 Å². The summed E-state index contributed by atoms with van der Waals surface area (Å²) in [4.78, 5) is 42.5. The number of hydrogen-bond donors (Lipinski definition) is 1. The van der Waals surface area contributed by atoms with Crippen LogP contribution >= 0.6 is 0 Å². The Labute approximate surface area is 210 Å². The average molecular weight is 484 g/mol. The third-order valence-electron chi connectivity index (χ3n) is 6.83. The molecule has 0 bridgehead atoms. The molecule has 7 nitrogen and oxygen atoms in total.